The molecule has 2 aliphatic rings. The lowest BCUT2D eigenvalue weighted by atomic mass is 10.2. The number of esters is 1. The number of nitrogens with zero attached hydrogens (tertiary/aromatic N) is 1. The highest BCUT2D eigenvalue weighted by atomic mass is 32.1. The van der Waals surface area contributed by atoms with Gasteiger partial charge in [-0.3, -0.25) is 0 Å². The summed E-state index contributed by atoms with van der Waals surface area (Å²) in [6.07, 6.45) is 4.64. The molecule has 0 bridgehead atoms. The molecule has 1 atom stereocenters. The van der Waals surface area contributed by atoms with Crippen molar-refractivity contribution in [2.75, 3.05) is 6.61 Å². The molecule has 1 aromatic rings. The van der Waals surface area contributed by atoms with Crippen LogP contribution >= 0.6 is 11.3 Å². The maximum Gasteiger partial charge on any atom is 0.350 e. The summed E-state index contributed by atoms with van der Waals surface area (Å²) in [4.78, 5) is 17.2. The van der Waals surface area contributed by atoms with Crippen LogP contribution in [-0.2, 0) is 4.74 Å². The van der Waals surface area contributed by atoms with Crippen LogP contribution in [0.3, 0.4) is 0 Å². The van der Waals surface area contributed by atoms with E-state index in [0.717, 1.165) is 23.5 Å². The summed E-state index contributed by atoms with van der Waals surface area (Å²) >= 11 is 1.44. The summed E-state index contributed by atoms with van der Waals surface area (Å²) in [6, 6.07) is 0.00989. The summed E-state index contributed by atoms with van der Waals surface area (Å²) < 4.78 is 5.11. The van der Waals surface area contributed by atoms with Gasteiger partial charge in [-0.2, -0.15) is 0 Å². The first-order chi connectivity index (χ1) is 8.70. The fourth-order valence-electron chi connectivity index (χ4n) is 2.13. The molecular weight excluding hydrogens is 248 g/mol. The third-order valence-corrected chi connectivity index (χ3v) is 4.66. The van der Waals surface area contributed by atoms with Gasteiger partial charge in [0.1, 0.15) is 9.88 Å². The van der Waals surface area contributed by atoms with Crippen LogP contribution in [0.5, 0.6) is 0 Å². The van der Waals surface area contributed by atoms with Crippen LogP contribution in [0.1, 0.15) is 64.9 Å². The number of hydrogen-bond donors (Lipinski definition) is 1. The lowest BCUT2D eigenvalue weighted by molar-refractivity contribution is 0.0530. The normalized spacial score (nSPS) is 20.8. The summed E-state index contributed by atoms with van der Waals surface area (Å²) in [5.74, 6) is 0.796. The summed E-state index contributed by atoms with van der Waals surface area (Å²) in [5.41, 5.74) is 7.11. The number of nitrogens with two attached hydrogens (primary N) is 1. The quantitative estimate of drug-likeness (QED) is 0.832. The Kier molecular flexibility index (Phi) is 3.11. The molecule has 0 aromatic carbocycles. The standard InChI is InChI=1S/C13H18N2O2S/c1-2-17-13(16)11-10(8-5-6-8)15-12(18-11)9(14)7-3-4-7/h7-9H,2-6,14H2,1H3. The number of rotatable bonds is 5. The first-order valence-corrected chi connectivity index (χ1v) is 7.45. The third-order valence-electron chi connectivity index (χ3n) is 3.51. The smallest absolute Gasteiger partial charge is 0.350 e. The number of hydrogen-bond acceptors (Lipinski definition) is 5. The van der Waals surface area contributed by atoms with Crippen LogP contribution in [0, 0.1) is 5.92 Å². The topological polar surface area (TPSA) is 65.2 Å². The van der Waals surface area contributed by atoms with Gasteiger partial charge in [0.05, 0.1) is 18.3 Å². The fourth-order valence-corrected chi connectivity index (χ4v) is 3.27. The van der Waals surface area contributed by atoms with Crippen molar-refractivity contribution >= 4 is 17.3 Å². The molecule has 0 aliphatic heterocycles. The van der Waals surface area contributed by atoms with Crippen LogP contribution in [0.25, 0.3) is 0 Å². The van der Waals surface area contributed by atoms with E-state index < -0.39 is 0 Å². The van der Waals surface area contributed by atoms with E-state index >= 15 is 0 Å². The molecule has 3 rings (SSSR count). The van der Waals surface area contributed by atoms with Crippen molar-refractivity contribution in [3.63, 3.8) is 0 Å². The Morgan fingerprint density at radius 3 is 2.78 bits per heavy atom. The Bertz CT molecular complexity index is 464. The van der Waals surface area contributed by atoms with Gasteiger partial charge in [-0.05, 0) is 38.5 Å². The Balaban J connectivity index is 1.87. The van der Waals surface area contributed by atoms with E-state index in [1.54, 1.807) is 0 Å². The molecule has 2 saturated carbocycles. The highest BCUT2D eigenvalue weighted by Crippen LogP contribution is 2.46. The first-order valence-electron chi connectivity index (χ1n) is 6.64. The maximum absolute atomic E-state index is 11.9. The van der Waals surface area contributed by atoms with E-state index in [1.165, 1.54) is 24.2 Å². The van der Waals surface area contributed by atoms with E-state index in [-0.39, 0.29) is 12.0 Å². The highest BCUT2D eigenvalue weighted by Gasteiger charge is 2.36. The van der Waals surface area contributed by atoms with Crippen LogP contribution in [-0.4, -0.2) is 17.6 Å². The molecule has 0 spiro atoms. The van der Waals surface area contributed by atoms with E-state index in [1.807, 2.05) is 6.92 Å². The Morgan fingerprint density at radius 2 is 2.22 bits per heavy atom. The average Bonchev–Trinajstić information content (AvgIpc) is 3.25. The molecule has 2 fully saturated rings. The largest absolute Gasteiger partial charge is 0.462 e. The zero-order valence-corrected chi connectivity index (χ0v) is 11.3. The lowest BCUT2D eigenvalue weighted by Crippen LogP contribution is -2.11. The SMILES string of the molecule is CCOC(=O)c1sc(C(N)C2CC2)nc1C1CC1. The predicted octanol–water partition coefficient (Wildman–Crippen LogP) is 2.61. The number of ether oxygens (including phenoxy) is 1. The second-order valence-electron chi connectivity index (χ2n) is 5.12. The van der Waals surface area contributed by atoms with Crippen molar-refractivity contribution in [3.8, 4) is 0 Å². The molecule has 2 aliphatic carbocycles. The molecule has 98 valence electrons. The summed E-state index contributed by atoms with van der Waals surface area (Å²) in [6.45, 7) is 2.23. The second-order valence-corrected chi connectivity index (χ2v) is 6.16. The molecule has 0 radical (unpaired) electrons. The lowest BCUT2D eigenvalue weighted by Gasteiger charge is -2.04. The van der Waals surface area contributed by atoms with Gasteiger partial charge in [0.15, 0.2) is 0 Å². The zero-order chi connectivity index (χ0) is 12.7. The summed E-state index contributed by atoms with van der Waals surface area (Å²) in [7, 11) is 0. The van der Waals surface area contributed by atoms with Crippen molar-refractivity contribution in [1.29, 1.82) is 0 Å². The van der Waals surface area contributed by atoms with Crippen molar-refractivity contribution in [3.05, 3.63) is 15.6 Å². The van der Waals surface area contributed by atoms with Crippen molar-refractivity contribution in [2.45, 2.75) is 44.6 Å². The molecule has 0 saturated heterocycles. The predicted molar refractivity (Wildman–Crippen MR) is 69.7 cm³/mol. The van der Waals surface area contributed by atoms with E-state index in [2.05, 4.69) is 4.98 Å². The van der Waals surface area contributed by atoms with Gasteiger partial charge >= 0.3 is 5.97 Å². The number of carbonyl (C=O) groups is 1. The maximum atomic E-state index is 11.9. The fraction of sp³-hybridized carbons (Fsp3) is 0.692. The van der Waals surface area contributed by atoms with E-state index in [0.29, 0.717) is 23.3 Å². The van der Waals surface area contributed by atoms with Crippen LogP contribution < -0.4 is 5.73 Å². The van der Waals surface area contributed by atoms with Crippen molar-refractivity contribution in [1.82, 2.24) is 4.98 Å². The Labute approximate surface area is 111 Å². The zero-order valence-electron chi connectivity index (χ0n) is 10.5. The average molecular weight is 266 g/mol. The van der Waals surface area contributed by atoms with Gasteiger partial charge in [0, 0.05) is 5.92 Å². The number of aromatic nitrogens is 1. The van der Waals surface area contributed by atoms with Crippen LogP contribution in [0.2, 0.25) is 0 Å². The van der Waals surface area contributed by atoms with E-state index in [4.69, 9.17) is 10.5 Å². The molecular formula is C13H18N2O2S. The monoisotopic (exact) mass is 266 g/mol. The molecule has 5 heteroatoms. The first kappa shape index (κ1) is 12.1. The van der Waals surface area contributed by atoms with Gasteiger partial charge in [0.2, 0.25) is 0 Å². The molecule has 1 heterocycles. The van der Waals surface area contributed by atoms with Crippen LogP contribution in [0.4, 0.5) is 0 Å². The minimum absolute atomic E-state index is 0.00989. The molecule has 18 heavy (non-hydrogen) atoms. The molecule has 1 unspecified atom stereocenters. The molecule has 4 nitrogen and oxygen atoms in total. The van der Waals surface area contributed by atoms with Gasteiger partial charge in [0.25, 0.3) is 0 Å². The summed E-state index contributed by atoms with van der Waals surface area (Å²) in [5, 5.41) is 0.919. The van der Waals surface area contributed by atoms with Crippen LogP contribution in [0.15, 0.2) is 0 Å². The van der Waals surface area contributed by atoms with E-state index in [9.17, 15) is 4.79 Å². The molecule has 2 N–H and O–H groups in total. The molecule has 1 aromatic heterocycles. The van der Waals surface area contributed by atoms with Gasteiger partial charge in [-0.15, -0.1) is 11.3 Å². The van der Waals surface area contributed by atoms with Crippen molar-refractivity contribution < 1.29 is 9.53 Å². The highest BCUT2D eigenvalue weighted by molar-refractivity contribution is 7.13. The number of thiazole rings is 1. The third kappa shape index (κ3) is 2.29. The molecule has 0 amide bonds. The van der Waals surface area contributed by atoms with Crippen molar-refractivity contribution in [2.24, 2.45) is 11.7 Å². The number of carbonyl (C=O) groups excluding carboxylic acids is 1. The minimum atomic E-state index is -0.230. The Morgan fingerprint density at radius 1 is 1.50 bits per heavy atom. The van der Waals surface area contributed by atoms with Gasteiger partial charge < -0.3 is 10.5 Å². The second kappa shape index (κ2) is 4.63. The Hall–Kier alpha value is -0.940. The van der Waals surface area contributed by atoms with Gasteiger partial charge in [-0.1, -0.05) is 0 Å². The van der Waals surface area contributed by atoms with Gasteiger partial charge in [-0.25, -0.2) is 9.78 Å². The minimum Gasteiger partial charge on any atom is -0.462 e.